The van der Waals surface area contributed by atoms with Crippen molar-refractivity contribution < 1.29 is 9.59 Å². The van der Waals surface area contributed by atoms with Crippen molar-refractivity contribution >= 4 is 28.8 Å². The van der Waals surface area contributed by atoms with Crippen LogP contribution < -0.4 is 10.2 Å². The molecule has 1 aliphatic carbocycles. The Hall–Kier alpha value is -2.75. The minimum absolute atomic E-state index is 0.0440. The molecule has 0 aromatic carbocycles. The molecule has 0 atom stereocenters. The van der Waals surface area contributed by atoms with Gasteiger partial charge in [-0.3, -0.25) is 14.4 Å². The molecule has 3 amide bonds. The fourth-order valence-electron chi connectivity index (χ4n) is 4.80. The summed E-state index contributed by atoms with van der Waals surface area (Å²) in [5, 5.41) is 8.21. The molecule has 3 fully saturated rings. The normalized spacial score (nSPS) is 22.7. The quantitative estimate of drug-likeness (QED) is 0.760. The van der Waals surface area contributed by atoms with Gasteiger partial charge in [0.05, 0.1) is 18.3 Å². The first-order valence-corrected chi connectivity index (χ1v) is 10.3. The predicted molar refractivity (Wildman–Crippen MR) is 106 cm³/mol. The maximum absolute atomic E-state index is 13.0. The van der Waals surface area contributed by atoms with E-state index < -0.39 is 5.54 Å². The average Bonchev–Trinajstić information content (AvgIpc) is 3.22. The van der Waals surface area contributed by atoms with Gasteiger partial charge in [0.2, 0.25) is 0 Å². The molecule has 29 heavy (non-hydrogen) atoms. The van der Waals surface area contributed by atoms with Gasteiger partial charge in [0.1, 0.15) is 17.7 Å². The Morgan fingerprint density at radius 1 is 1.07 bits per heavy atom. The molecule has 0 unspecified atom stereocenters. The second-order valence-electron chi connectivity index (χ2n) is 8.26. The van der Waals surface area contributed by atoms with Gasteiger partial charge in [-0.2, -0.15) is 5.10 Å². The Morgan fingerprint density at radius 2 is 1.83 bits per heavy atom. The molecule has 10 nitrogen and oxygen atoms in total. The number of piperazine rings is 1. The highest BCUT2D eigenvalue weighted by atomic mass is 16.2. The summed E-state index contributed by atoms with van der Waals surface area (Å²) >= 11 is 0. The maximum Gasteiger partial charge on any atom is 0.326 e. The number of fused-ring (bicyclic) bond motifs is 1. The number of imide groups is 1. The fraction of sp³-hybridized carbons (Fsp3) is 0.632. The van der Waals surface area contributed by atoms with Crippen LogP contribution in [0.4, 0.5) is 10.6 Å². The SMILES string of the molecule is Cn1ncc2c(N3CCN(CN4C(=O)NC5(CCCCC5)C4=O)CC3)ncnc21. The zero-order valence-corrected chi connectivity index (χ0v) is 16.7. The molecule has 2 aliphatic heterocycles. The highest BCUT2D eigenvalue weighted by molar-refractivity contribution is 6.07. The summed E-state index contributed by atoms with van der Waals surface area (Å²) in [5.41, 5.74) is 0.166. The van der Waals surface area contributed by atoms with Crippen LogP contribution in [0.2, 0.25) is 0 Å². The Kier molecular flexibility index (Phi) is 4.38. The van der Waals surface area contributed by atoms with Gasteiger partial charge >= 0.3 is 6.03 Å². The van der Waals surface area contributed by atoms with E-state index in [0.29, 0.717) is 6.67 Å². The van der Waals surface area contributed by atoms with E-state index in [4.69, 9.17) is 0 Å². The van der Waals surface area contributed by atoms with Crippen LogP contribution >= 0.6 is 0 Å². The zero-order chi connectivity index (χ0) is 20.0. The topological polar surface area (TPSA) is 99.5 Å². The summed E-state index contributed by atoms with van der Waals surface area (Å²) in [6.07, 6.45) is 8.03. The minimum Gasteiger partial charge on any atom is -0.353 e. The fourth-order valence-corrected chi connectivity index (χ4v) is 4.80. The van der Waals surface area contributed by atoms with Gasteiger partial charge in [-0.05, 0) is 12.8 Å². The molecule has 0 radical (unpaired) electrons. The van der Waals surface area contributed by atoms with Crippen LogP contribution in [0, 0.1) is 0 Å². The molecule has 154 valence electrons. The standard InChI is InChI=1S/C19H26N8O2/c1-24-15-14(11-22-24)16(21-12-20-15)26-9-7-25(8-10-26)13-27-17(28)19(23-18(27)29)5-3-2-4-6-19/h11-12H,2-10,13H2,1H3,(H,23,29). The van der Waals surface area contributed by atoms with E-state index >= 15 is 0 Å². The summed E-state index contributed by atoms with van der Waals surface area (Å²) in [5.74, 6) is 0.844. The van der Waals surface area contributed by atoms with Crippen molar-refractivity contribution in [3.8, 4) is 0 Å². The lowest BCUT2D eigenvalue weighted by Gasteiger charge is -2.37. The Labute approximate surface area is 168 Å². The number of hydrogen-bond acceptors (Lipinski definition) is 7. The van der Waals surface area contributed by atoms with Crippen molar-refractivity contribution in [3.63, 3.8) is 0 Å². The Bertz CT molecular complexity index is 943. The van der Waals surface area contributed by atoms with Crippen LogP contribution in [0.25, 0.3) is 11.0 Å². The van der Waals surface area contributed by atoms with E-state index in [9.17, 15) is 9.59 Å². The molecule has 0 bridgehead atoms. The number of carbonyl (C=O) groups excluding carboxylic acids is 2. The third-order valence-corrected chi connectivity index (χ3v) is 6.47. The van der Waals surface area contributed by atoms with Gasteiger partial charge in [0.15, 0.2) is 5.65 Å². The number of nitrogens with zero attached hydrogens (tertiary/aromatic N) is 7. The van der Waals surface area contributed by atoms with Crippen LogP contribution in [-0.4, -0.2) is 79.9 Å². The van der Waals surface area contributed by atoms with Crippen LogP contribution in [0.3, 0.4) is 0 Å². The summed E-state index contributed by atoms with van der Waals surface area (Å²) in [7, 11) is 1.87. The second-order valence-corrected chi connectivity index (χ2v) is 8.26. The molecular weight excluding hydrogens is 372 g/mol. The smallest absolute Gasteiger partial charge is 0.326 e. The number of urea groups is 1. The monoisotopic (exact) mass is 398 g/mol. The van der Waals surface area contributed by atoms with Gasteiger partial charge in [-0.1, -0.05) is 19.3 Å². The Morgan fingerprint density at radius 3 is 2.59 bits per heavy atom. The van der Waals surface area contributed by atoms with Gasteiger partial charge < -0.3 is 10.2 Å². The maximum atomic E-state index is 13.0. The highest BCUT2D eigenvalue weighted by Gasteiger charge is 2.51. The molecule has 2 saturated heterocycles. The van der Waals surface area contributed by atoms with Crippen molar-refractivity contribution in [3.05, 3.63) is 12.5 Å². The first-order valence-electron chi connectivity index (χ1n) is 10.3. The summed E-state index contributed by atoms with van der Waals surface area (Å²) in [6, 6.07) is -0.243. The minimum atomic E-state index is -0.649. The molecule has 1 saturated carbocycles. The lowest BCUT2D eigenvalue weighted by molar-refractivity contribution is -0.133. The van der Waals surface area contributed by atoms with Gasteiger partial charge in [-0.25, -0.2) is 19.7 Å². The number of aromatic nitrogens is 4. The van der Waals surface area contributed by atoms with E-state index in [1.165, 1.54) is 4.90 Å². The third-order valence-electron chi connectivity index (χ3n) is 6.47. The lowest BCUT2D eigenvalue weighted by Crippen LogP contribution is -2.52. The molecule has 4 heterocycles. The Balaban J connectivity index is 1.24. The van der Waals surface area contributed by atoms with Crippen molar-refractivity contribution in [2.45, 2.75) is 37.6 Å². The molecule has 10 heteroatoms. The van der Waals surface area contributed by atoms with E-state index in [0.717, 1.165) is 75.1 Å². The lowest BCUT2D eigenvalue weighted by atomic mass is 9.82. The van der Waals surface area contributed by atoms with Crippen molar-refractivity contribution in [2.24, 2.45) is 7.05 Å². The number of rotatable bonds is 3. The molecule has 1 spiro atoms. The van der Waals surface area contributed by atoms with Gasteiger partial charge in [0, 0.05) is 33.2 Å². The number of aryl methyl sites for hydroxylation is 1. The molecule has 5 rings (SSSR count). The first-order chi connectivity index (χ1) is 14.1. The molecule has 3 aliphatic rings. The van der Waals surface area contributed by atoms with E-state index in [1.54, 1.807) is 17.2 Å². The van der Waals surface area contributed by atoms with Gasteiger partial charge in [-0.15, -0.1) is 0 Å². The molecule has 2 aromatic heterocycles. The van der Waals surface area contributed by atoms with Crippen LogP contribution in [0.5, 0.6) is 0 Å². The second kappa shape index (κ2) is 6.94. The predicted octanol–water partition coefficient (Wildman–Crippen LogP) is 0.698. The van der Waals surface area contributed by atoms with Crippen LogP contribution in [0.1, 0.15) is 32.1 Å². The van der Waals surface area contributed by atoms with Crippen molar-refractivity contribution in [1.29, 1.82) is 0 Å². The van der Waals surface area contributed by atoms with Crippen LogP contribution in [0.15, 0.2) is 12.5 Å². The van der Waals surface area contributed by atoms with Crippen molar-refractivity contribution in [1.82, 2.24) is 34.9 Å². The number of hydrogen-bond donors (Lipinski definition) is 1. The summed E-state index contributed by atoms with van der Waals surface area (Å²) < 4.78 is 1.75. The average molecular weight is 398 g/mol. The summed E-state index contributed by atoms with van der Waals surface area (Å²) in [6.45, 7) is 3.42. The number of nitrogens with one attached hydrogen (secondary N) is 1. The molecular formula is C19H26N8O2. The number of anilines is 1. The zero-order valence-electron chi connectivity index (χ0n) is 16.7. The number of carbonyl (C=O) groups is 2. The van der Waals surface area contributed by atoms with E-state index in [1.807, 2.05) is 7.05 Å². The molecule has 1 N–H and O–H groups in total. The summed E-state index contributed by atoms with van der Waals surface area (Å²) in [4.78, 5) is 40.0. The van der Waals surface area contributed by atoms with Gasteiger partial charge in [0.25, 0.3) is 5.91 Å². The molecule has 2 aromatic rings. The van der Waals surface area contributed by atoms with Crippen LogP contribution in [-0.2, 0) is 11.8 Å². The van der Waals surface area contributed by atoms with E-state index in [-0.39, 0.29) is 11.9 Å². The highest BCUT2D eigenvalue weighted by Crippen LogP contribution is 2.33. The third kappa shape index (κ3) is 3.02. The van der Waals surface area contributed by atoms with E-state index in [2.05, 4.69) is 30.2 Å². The number of amides is 3. The first kappa shape index (κ1) is 18.3. The largest absolute Gasteiger partial charge is 0.353 e. The van der Waals surface area contributed by atoms with Crippen molar-refractivity contribution in [2.75, 3.05) is 37.7 Å².